The van der Waals surface area contributed by atoms with Gasteiger partial charge in [0.05, 0.1) is 19.3 Å². The molecule has 0 N–H and O–H groups in total. The molecule has 6 heteroatoms. The second kappa shape index (κ2) is 10.3. The number of hydrogen-bond donors (Lipinski definition) is 0. The summed E-state index contributed by atoms with van der Waals surface area (Å²) in [6.07, 6.45) is 0.880. The highest BCUT2D eigenvalue weighted by Gasteiger charge is 2.23. The second-order valence-electron chi connectivity index (χ2n) is 7.18. The number of aromatic nitrogens is 1. The lowest BCUT2D eigenvalue weighted by molar-refractivity contribution is 0.0668. The van der Waals surface area contributed by atoms with Gasteiger partial charge in [-0.15, -0.1) is 11.3 Å². The van der Waals surface area contributed by atoms with Crippen molar-refractivity contribution in [3.63, 3.8) is 0 Å². The summed E-state index contributed by atoms with van der Waals surface area (Å²) in [6, 6.07) is 15.4. The fourth-order valence-corrected chi connectivity index (χ4v) is 3.85. The molecule has 0 spiro atoms. The van der Waals surface area contributed by atoms with Gasteiger partial charge in [0, 0.05) is 17.0 Å². The van der Waals surface area contributed by atoms with E-state index in [2.05, 4.69) is 13.8 Å². The van der Waals surface area contributed by atoms with Crippen LogP contribution in [0.15, 0.2) is 53.9 Å². The van der Waals surface area contributed by atoms with Crippen molar-refractivity contribution in [2.24, 2.45) is 0 Å². The van der Waals surface area contributed by atoms with E-state index in [1.165, 1.54) is 11.3 Å². The lowest BCUT2D eigenvalue weighted by Gasteiger charge is -2.28. The molecule has 3 rings (SSSR count). The Labute approximate surface area is 182 Å². The predicted molar refractivity (Wildman–Crippen MR) is 120 cm³/mol. The van der Waals surface area contributed by atoms with Gasteiger partial charge in [0.1, 0.15) is 11.6 Å². The zero-order valence-corrected chi connectivity index (χ0v) is 18.7. The van der Waals surface area contributed by atoms with Gasteiger partial charge in [0.2, 0.25) is 0 Å². The molecule has 0 saturated heterocycles. The number of carbonyl (C=O) groups excluding carboxylic acids is 1. The molecule has 0 bridgehead atoms. The lowest BCUT2D eigenvalue weighted by Crippen LogP contribution is -2.38. The van der Waals surface area contributed by atoms with Crippen LogP contribution in [0.2, 0.25) is 0 Å². The van der Waals surface area contributed by atoms with Gasteiger partial charge in [-0.2, -0.15) is 0 Å². The zero-order chi connectivity index (χ0) is 21.5. The quantitative estimate of drug-likeness (QED) is 0.456. The van der Waals surface area contributed by atoms with Gasteiger partial charge in [-0.25, -0.2) is 4.98 Å². The van der Waals surface area contributed by atoms with Crippen LogP contribution in [0.5, 0.6) is 11.5 Å². The smallest absolute Gasteiger partial charge is 0.254 e. The van der Waals surface area contributed by atoms with Gasteiger partial charge in [0.15, 0.2) is 11.5 Å². The molecule has 158 valence electrons. The number of ether oxygens (including phenoxy) is 2. The van der Waals surface area contributed by atoms with Gasteiger partial charge < -0.3 is 14.4 Å². The van der Waals surface area contributed by atoms with E-state index >= 15 is 0 Å². The van der Waals surface area contributed by atoms with E-state index in [-0.39, 0.29) is 11.9 Å². The first-order valence-electron chi connectivity index (χ1n) is 10.1. The first-order chi connectivity index (χ1) is 14.5. The number of benzene rings is 2. The number of methoxy groups -OCH3 is 1. The Balaban J connectivity index is 1.71. The average Bonchev–Trinajstić information content (AvgIpc) is 3.23. The van der Waals surface area contributed by atoms with E-state index in [9.17, 15) is 4.79 Å². The molecule has 1 atom stereocenters. The Morgan fingerprint density at radius 3 is 2.53 bits per heavy atom. The summed E-state index contributed by atoms with van der Waals surface area (Å²) in [5, 5.41) is 2.87. The van der Waals surface area contributed by atoms with Crippen LogP contribution >= 0.6 is 11.3 Å². The van der Waals surface area contributed by atoms with Crippen molar-refractivity contribution < 1.29 is 14.3 Å². The molecule has 30 heavy (non-hydrogen) atoms. The van der Waals surface area contributed by atoms with Crippen LogP contribution in [-0.2, 0) is 13.2 Å². The highest BCUT2D eigenvalue weighted by Crippen LogP contribution is 2.27. The van der Waals surface area contributed by atoms with E-state index in [0.29, 0.717) is 24.7 Å². The summed E-state index contributed by atoms with van der Waals surface area (Å²) >= 11 is 1.54. The van der Waals surface area contributed by atoms with Crippen LogP contribution in [0.3, 0.4) is 0 Å². The summed E-state index contributed by atoms with van der Waals surface area (Å²) in [5.74, 6) is 1.43. The molecule has 2 aromatic carbocycles. The number of rotatable bonds is 9. The van der Waals surface area contributed by atoms with Crippen LogP contribution < -0.4 is 9.47 Å². The highest BCUT2D eigenvalue weighted by atomic mass is 32.1. The number of thiazole rings is 1. The molecule has 3 aromatic rings. The minimum absolute atomic E-state index is 0.0438. The molecule has 1 heterocycles. The molecule has 0 unspecified atom stereocenters. The van der Waals surface area contributed by atoms with Gasteiger partial charge in [-0.05, 0) is 44.0 Å². The maximum atomic E-state index is 13.2. The molecule has 1 aromatic heterocycles. The third-order valence-electron chi connectivity index (χ3n) is 5.11. The van der Waals surface area contributed by atoms with Crippen molar-refractivity contribution in [1.82, 2.24) is 9.88 Å². The predicted octanol–water partition coefficient (Wildman–Crippen LogP) is 5.48. The summed E-state index contributed by atoms with van der Waals surface area (Å²) < 4.78 is 11.2. The van der Waals surface area contributed by atoms with Crippen molar-refractivity contribution in [2.75, 3.05) is 7.11 Å². The topological polar surface area (TPSA) is 51.7 Å². The molecule has 0 radical (unpaired) electrons. The van der Waals surface area contributed by atoms with E-state index in [0.717, 1.165) is 28.2 Å². The summed E-state index contributed by atoms with van der Waals surface area (Å²) in [6.45, 7) is 6.98. The van der Waals surface area contributed by atoms with Crippen molar-refractivity contribution >= 4 is 17.2 Å². The fraction of sp³-hybridized carbons (Fsp3) is 0.333. The first-order valence-corrected chi connectivity index (χ1v) is 11.0. The first kappa shape index (κ1) is 21.8. The van der Waals surface area contributed by atoms with Crippen LogP contribution in [-0.4, -0.2) is 28.9 Å². The van der Waals surface area contributed by atoms with Crippen LogP contribution in [0, 0.1) is 6.92 Å². The largest absolute Gasteiger partial charge is 0.493 e. The van der Waals surface area contributed by atoms with E-state index < -0.39 is 0 Å². The van der Waals surface area contributed by atoms with Crippen LogP contribution in [0.1, 0.15) is 46.9 Å². The van der Waals surface area contributed by atoms with Gasteiger partial charge in [0.25, 0.3) is 5.91 Å². The van der Waals surface area contributed by atoms with E-state index in [1.54, 1.807) is 7.11 Å². The maximum absolute atomic E-state index is 13.2. The number of nitrogens with zero attached hydrogens (tertiary/aromatic N) is 2. The third kappa shape index (κ3) is 5.19. The molecule has 0 fully saturated rings. The van der Waals surface area contributed by atoms with Gasteiger partial charge in [-0.1, -0.05) is 37.3 Å². The van der Waals surface area contributed by atoms with Crippen molar-refractivity contribution in [3.8, 4) is 11.5 Å². The normalized spacial score (nSPS) is 11.7. The number of hydrogen-bond acceptors (Lipinski definition) is 5. The van der Waals surface area contributed by atoms with Crippen molar-refractivity contribution in [1.29, 1.82) is 0 Å². The van der Waals surface area contributed by atoms with Crippen molar-refractivity contribution in [3.05, 3.63) is 75.7 Å². The Morgan fingerprint density at radius 1 is 1.13 bits per heavy atom. The maximum Gasteiger partial charge on any atom is 0.254 e. The Bertz CT molecular complexity index is 986. The molecule has 0 aliphatic carbocycles. The second-order valence-corrected chi connectivity index (χ2v) is 8.12. The molecule has 0 aliphatic heterocycles. The lowest BCUT2D eigenvalue weighted by atomic mass is 10.1. The molecular weight excluding hydrogens is 396 g/mol. The third-order valence-corrected chi connectivity index (χ3v) is 5.98. The Morgan fingerprint density at radius 2 is 1.83 bits per heavy atom. The standard InChI is InChI=1S/C24H28N2O3S/c1-5-18(3)26(24(27)20-11-7-6-10-17(20)2)14-19-16-30-23(25-19)15-29-22-13-9-8-12-21(22)28-4/h6-13,16,18H,5,14-15H2,1-4H3/t18-/m0/s1. The average molecular weight is 425 g/mol. The molecule has 0 aliphatic rings. The van der Waals surface area contributed by atoms with E-state index in [4.69, 9.17) is 14.5 Å². The monoisotopic (exact) mass is 424 g/mol. The molecule has 0 saturated carbocycles. The number of para-hydroxylation sites is 2. The van der Waals surface area contributed by atoms with E-state index in [1.807, 2.05) is 65.7 Å². The Hall–Kier alpha value is -2.86. The van der Waals surface area contributed by atoms with Crippen molar-refractivity contribution in [2.45, 2.75) is 46.4 Å². The zero-order valence-electron chi connectivity index (χ0n) is 17.9. The minimum atomic E-state index is 0.0438. The van der Waals surface area contributed by atoms with Crippen LogP contribution in [0.25, 0.3) is 0 Å². The van der Waals surface area contributed by atoms with Gasteiger partial charge in [-0.3, -0.25) is 4.79 Å². The molecular formula is C24H28N2O3S. The molecule has 1 amide bonds. The fourth-order valence-electron chi connectivity index (χ4n) is 3.16. The SMILES string of the molecule is CC[C@H](C)N(Cc1csc(COc2ccccc2OC)n1)C(=O)c1ccccc1C. The number of amides is 1. The summed E-state index contributed by atoms with van der Waals surface area (Å²) in [7, 11) is 1.62. The number of carbonyl (C=O) groups is 1. The highest BCUT2D eigenvalue weighted by molar-refractivity contribution is 7.09. The minimum Gasteiger partial charge on any atom is -0.493 e. The van der Waals surface area contributed by atoms with Crippen LogP contribution in [0.4, 0.5) is 0 Å². The Kier molecular flexibility index (Phi) is 7.46. The summed E-state index contributed by atoms with van der Waals surface area (Å²) in [5.41, 5.74) is 2.61. The molecule has 5 nitrogen and oxygen atoms in total. The number of aryl methyl sites for hydroxylation is 1. The van der Waals surface area contributed by atoms with Gasteiger partial charge >= 0.3 is 0 Å². The summed E-state index contributed by atoms with van der Waals surface area (Å²) in [4.78, 5) is 19.8.